The van der Waals surface area contributed by atoms with Crippen molar-refractivity contribution in [1.29, 1.82) is 0 Å². The quantitative estimate of drug-likeness (QED) is 0.899. The van der Waals surface area contributed by atoms with Crippen molar-refractivity contribution in [3.05, 3.63) is 64.7 Å². The summed E-state index contributed by atoms with van der Waals surface area (Å²) >= 11 is 0. The molecule has 0 aliphatic rings. The Morgan fingerprint density at radius 3 is 2.62 bits per heavy atom. The van der Waals surface area contributed by atoms with E-state index in [1.54, 1.807) is 13.2 Å². The van der Waals surface area contributed by atoms with Gasteiger partial charge in [-0.1, -0.05) is 31.2 Å². The standard InChI is InChI=1S/C17H19F2NO/c1-4-20-17(13-6-5-7-14(18)16(13)19)12-9-8-11(2)15(10-12)21-3/h5-10,17,20H,4H2,1-3H3. The minimum atomic E-state index is -0.838. The second-order valence-electron chi connectivity index (χ2n) is 4.86. The minimum Gasteiger partial charge on any atom is -0.496 e. The summed E-state index contributed by atoms with van der Waals surface area (Å²) in [5, 5.41) is 3.19. The van der Waals surface area contributed by atoms with Crippen molar-refractivity contribution in [2.24, 2.45) is 0 Å². The SMILES string of the molecule is CCNC(c1ccc(C)c(OC)c1)c1cccc(F)c1F. The lowest BCUT2D eigenvalue weighted by atomic mass is 9.96. The van der Waals surface area contributed by atoms with Gasteiger partial charge in [-0.15, -0.1) is 0 Å². The fraction of sp³-hybridized carbons (Fsp3) is 0.294. The molecule has 0 heterocycles. The molecule has 0 fully saturated rings. The lowest BCUT2D eigenvalue weighted by molar-refractivity contribution is 0.410. The topological polar surface area (TPSA) is 21.3 Å². The maximum atomic E-state index is 14.1. The van der Waals surface area contributed by atoms with Crippen molar-refractivity contribution in [3.63, 3.8) is 0 Å². The minimum absolute atomic E-state index is 0.294. The number of aryl methyl sites for hydroxylation is 1. The lowest BCUT2D eigenvalue weighted by Gasteiger charge is -2.21. The summed E-state index contributed by atoms with van der Waals surface area (Å²) in [5.41, 5.74) is 2.13. The van der Waals surface area contributed by atoms with E-state index in [1.807, 2.05) is 32.0 Å². The first-order valence-corrected chi connectivity index (χ1v) is 6.90. The van der Waals surface area contributed by atoms with Gasteiger partial charge in [0.2, 0.25) is 0 Å². The zero-order valence-corrected chi connectivity index (χ0v) is 12.4. The van der Waals surface area contributed by atoms with Crippen LogP contribution in [0.4, 0.5) is 8.78 Å². The molecule has 2 rings (SSSR count). The Balaban J connectivity index is 2.50. The Labute approximate surface area is 123 Å². The third kappa shape index (κ3) is 3.22. The van der Waals surface area contributed by atoms with Gasteiger partial charge in [0.15, 0.2) is 11.6 Å². The van der Waals surface area contributed by atoms with Gasteiger partial charge < -0.3 is 10.1 Å². The molecule has 2 nitrogen and oxygen atoms in total. The molecular weight excluding hydrogens is 272 g/mol. The van der Waals surface area contributed by atoms with Crippen LogP contribution < -0.4 is 10.1 Å². The molecule has 2 aromatic rings. The predicted molar refractivity (Wildman–Crippen MR) is 79.6 cm³/mol. The number of benzene rings is 2. The Morgan fingerprint density at radius 1 is 1.19 bits per heavy atom. The van der Waals surface area contributed by atoms with E-state index in [9.17, 15) is 8.78 Å². The van der Waals surface area contributed by atoms with E-state index in [4.69, 9.17) is 4.74 Å². The average molecular weight is 291 g/mol. The van der Waals surface area contributed by atoms with E-state index in [0.29, 0.717) is 12.1 Å². The van der Waals surface area contributed by atoms with Crippen LogP contribution in [0.15, 0.2) is 36.4 Å². The van der Waals surface area contributed by atoms with Crippen molar-refractivity contribution < 1.29 is 13.5 Å². The molecule has 0 amide bonds. The summed E-state index contributed by atoms with van der Waals surface area (Å²) in [5.74, 6) is -0.926. The molecule has 0 radical (unpaired) electrons. The number of nitrogens with one attached hydrogen (secondary N) is 1. The zero-order chi connectivity index (χ0) is 15.4. The van der Waals surface area contributed by atoms with Gasteiger partial charge >= 0.3 is 0 Å². The van der Waals surface area contributed by atoms with Crippen LogP contribution >= 0.6 is 0 Å². The Hall–Kier alpha value is -1.94. The third-order valence-corrected chi connectivity index (χ3v) is 3.47. The molecule has 2 aromatic carbocycles. The van der Waals surface area contributed by atoms with Crippen LogP contribution in [0.3, 0.4) is 0 Å². The molecule has 0 saturated heterocycles. The van der Waals surface area contributed by atoms with E-state index >= 15 is 0 Å². The molecule has 0 saturated carbocycles. The van der Waals surface area contributed by atoms with Gasteiger partial charge in [-0.2, -0.15) is 0 Å². The molecule has 1 N–H and O–H groups in total. The maximum Gasteiger partial charge on any atom is 0.163 e. The van der Waals surface area contributed by atoms with Gasteiger partial charge in [0.25, 0.3) is 0 Å². The van der Waals surface area contributed by atoms with Crippen molar-refractivity contribution >= 4 is 0 Å². The lowest BCUT2D eigenvalue weighted by Crippen LogP contribution is -2.23. The van der Waals surface area contributed by atoms with Crippen LogP contribution in [0.25, 0.3) is 0 Å². The highest BCUT2D eigenvalue weighted by Crippen LogP contribution is 2.29. The largest absolute Gasteiger partial charge is 0.496 e. The van der Waals surface area contributed by atoms with Gasteiger partial charge in [0.1, 0.15) is 5.75 Å². The summed E-state index contributed by atoms with van der Waals surface area (Å²) in [6.07, 6.45) is 0. The van der Waals surface area contributed by atoms with Crippen molar-refractivity contribution in [2.45, 2.75) is 19.9 Å². The maximum absolute atomic E-state index is 14.1. The van der Waals surface area contributed by atoms with E-state index < -0.39 is 17.7 Å². The monoisotopic (exact) mass is 291 g/mol. The molecule has 1 atom stereocenters. The molecule has 0 aliphatic heterocycles. The molecule has 0 bridgehead atoms. The number of methoxy groups -OCH3 is 1. The molecule has 0 spiro atoms. The van der Waals surface area contributed by atoms with E-state index in [1.165, 1.54) is 6.07 Å². The smallest absolute Gasteiger partial charge is 0.163 e. The Bertz CT molecular complexity index is 628. The number of hydrogen-bond donors (Lipinski definition) is 1. The van der Waals surface area contributed by atoms with E-state index in [0.717, 1.165) is 22.9 Å². The number of rotatable bonds is 5. The molecule has 0 aliphatic carbocycles. The highest BCUT2D eigenvalue weighted by atomic mass is 19.2. The van der Waals surface area contributed by atoms with Gasteiger partial charge in [-0.3, -0.25) is 0 Å². The predicted octanol–water partition coefficient (Wildman–Crippen LogP) is 3.98. The van der Waals surface area contributed by atoms with Crippen LogP contribution in [-0.2, 0) is 0 Å². The van der Waals surface area contributed by atoms with Crippen molar-refractivity contribution in [1.82, 2.24) is 5.32 Å². The van der Waals surface area contributed by atoms with Gasteiger partial charge in [0, 0.05) is 5.56 Å². The first-order chi connectivity index (χ1) is 10.1. The Kier molecular flexibility index (Phi) is 4.91. The molecular formula is C17H19F2NO. The van der Waals surface area contributed by atoms with Gasteiger partial charge in [-0.05, 0) is 36.7 Å². The fourth-order valence-corrected chi connectivity index (χ4v) is 2.37. The highest BCUT2D eigenvalue weighted by molar-refractivity contribution is 5.41. The summed E-state index contributed by atoms with van der Waals surface area (Å²) < 4.78 is 32.9. The first kappa shape index (κ1) is 15.4. The van der Waals surface area contributed by atoms with Gasteiger partial charge in [0.05, 0.1) is 13.2 Å². The van der Waals surface area contributed by atoms with Crippen LogP contribution in [0.1, 0.15) is 29.7 Å². The van der Waals surface area contributed by atoms with Crippen LogP contribution in [0.5, 0.6) is 5.75 Å². The van der Waals surface area contributed by atoms with Crippen LogP contribution in [-0.4, -0.2) is 13.7 Å². The second kappa shape index (κ2) is 6.68. The average Bonchev–Trinajstić information content (AvgIpc) is 2.49. The summed E-state index contributed by atoms with van der Waals surface area (Å²) in [4.78, 5) is 0. The van der Waals surface area contributed by atoms with Crippen LogP contribution in [0, 0.1) is 18.6 Å². The summed E-state index contributed by atoms with van der Waals surface area (Å²) in [6.45, 7) is 4.50. The number of hydrogen-bond acceptors (Lipinski definition) is 2. The number of halogens is 2. The second-order valence-corrected chi connectivity index (χ2v) is 4.86. The van der Waals surface area contributed by atoms with E-state index in [2.05, 4.69) is 5.32 Å². The fourth-order valence-electron chi connectivity index (χ4n) is 2.37. The normalized spacial score (nSPS) is 12.2. The number of ether oxygens (including phenoxy) is 1. The molecule has 1 unspecified atom stereocenters. The zero-order valence-electron chi connectivity index (χ0n) is 12.4. The third-order valence-electron chi connectivity index (χ3n) is 3.47. The van der Waals surface area contributed by atoms with E-state index in [-0.39, 0.29) is 0 Å². The Morgan fingerprint density at radius 2 is 1.95 bits per heavy atom. The first-order valence-electron chi connectivity index (χ1n) is 6.90. The summed E-state index contributed by atoms with van der Waals surface area (Å²) in [7, 11) is 1.59. The molecule has 21 heavy (non-hydrogen) atoms. The molecule has 0 aromatic heterocycles. The molecule has 112 valence electrons. The van der Waals surface area contributed by atoms with Crippen molar-refractivity contribution in [3.8, 4) is 5.75 Å². The molecule has 4 heteroatoms. The van der Waals surface area contributed by atoms with Crippen molar-refractivity contribution in [2.75, 3.05) is 13.7 Å². The van der Waals surface area contributed by atoms with Gasteiger partial charge in [-0.25, -0.2) is 8.78 Å². The summed E-state index contributed by atoms with van der Waals surface area (Å²) in [6, 6.07) is 9.48. The van der Waals surface area contributed by atoms with Crippen LogP contribution in [0.2, 0.25) is 0 Å². The highest BCUT2D eigenvalue weighted by Gasteiger charge is 2.20.